The zero-order chi connectivity index (χ0) is 16.9. The van der Waals surface area contributed by atoms with Crippen LogP contribution in [-0.4, -0.2) is 61.3 Å². The average Bonchev–Trinajstić information content (AvgIpc) is 2.51. The third-order valence-electron chi connectivity index (χ3n) is 5.13. The van der Waals surface area contributed by atoms with E-state index in [-0.39, 0.29) is 29.5 Å². The summed E-state index contributed by atoms with van der Waals surface area (Å²) in [5, 5.41) is 7.13. The summed E-state index contributed by atoms with van der Waals surface area (Å²) in [7, 11) is 1.87. The Hall–Kier alpha value is -0.0800. The summed E-state index contributed by atoms with van der Waals surface area (Å²) in [6.07, 6.45) is 7.19. The van der Waals surface area contributed by atoms with Crippen LogP contribution in [0.4, 0.5) is 0 Å². The molecule has 1 heterocycles. The second kappa shape index (κ2) is 10.2. The van der Waals surface area contributed by atoms with Gasteiger partial charge in [-0.15, -0.1) is 24.0 Å². The van der Waals surface area contributed by atoms with Gasteiger partial charge in [-0.05, 0) is 40.5 Å². The fraction of sp³-hybridized carbons (Fsp3) is 0.944. The van der Waals surface area contributed by atoms with Crippen molar-refractivity contribution in [3.8, 4) is 0 Å². The lowest BCUT2D eigenvalue weighted by Crippen LogP contribution is -2.59. The van der Waals surface area contributed by atoms with Gasteiger partial charge in [-0.3, -0.25) is 9.89 Å². The average molecular weight is 452 g/mol. The van der Waals surface area contributed by atoms with E-state index in [1.54, 1.807) is 0 Å². The summed E-state index contributed by atoms with van der Waals surface area (Å²) in [6, 6.07) is 0.585. The van der Waals surface area contributed by atoms with Crippen molar-refractivity contribution >= 4 is 29.9 Å². The van der Waals surface area contributed by atoms with Crippen LogP contribution in [0.25, 0.3) is 0 Å². The number of nitrogens with zero attached hydrogens (tertiary/aromatic N) is 2. The molecule has 0 bridgehead atoms. The summed E-state index contributed by atoms with van der Waals surface area (Å²) >= 11 is 0. The van der Waals surface area contributed by atoms with Crippen LogP contribution in [0, 0.1) is 0 Å². The number of nitrogens with one attached hydrogen (secondary N) is 2. The zero-order valence-electron chi connectivity index (χ0n) is 16.1. The van der Waals surface area contributed by atoms with Gasteiger partial charge in [0.25, 0.3) is 0 Å². The highest BCUT2D eigenvalue weighted by molar-refractivity contribution is 14.0. The molecule has 5 nitrogen and oxygen atoms in total. The van der Waals surface area contributed by atoms with E-state index in [0.717, 1.165) is 25.6 Å². The molecule has 2 fully saturated rings. The lowest BCUT2D eigenvalue weighted by Gasteiger charge is -2.45. The molecular weight excluding hydrogens is 415 g/mol. The lowest BCUT2D eigenvalue weighted by molar-refractivity contribution is -0.0946. The van der Waals surface area contributed by atoms with Crippen LogP contribution in [0.3, 0.4) is 0 Å². The largest absolute Gasteiger partial charge is 0.373 e. The van der Waals surface area contributed by atoms with Crippen LogP contribution in [-0.2, 0) is 4.74 Å². The van der Waals surface area contributed by atoms with Crippen LogP contribution >= 0.6 is 24.0 Å². The highest BCUT2D eigenvalue weighted by atomic mass is 127. The van der Waals surface area contributed by atoms with Crippen LogP contribution < -0.4 is 10.6 Å². The Morgan fingerprint density at radius 1 is 1.12 bits per heavy atom. The minimum absolute atomic E-state index is 0. The molecule has 2 atom stereocenters. The van der Waals surface area contributed by atoms with Crippen molar-refractivity contribution in [2.45, 2.75) is 83.6 Å². The highest BCUT2D eigenvalue weighted by Gasteiger charge is 2.33. The number of halogens is 1. The maximum atomic E-state index is 5.86. The van der Waals surface area contributed by atoms with Gasteiger partial charge in [-0.1, -0.05) is 19.3 Å². The van der Waals surface area contributed by atoms with Gasteiger partial charge in [0.2, 0.25) is 0 Å². The van der Waals surface area contributed by atoms with Crippen LogP contribution in [0.1, 0.15) is 59.8 Å². The molecule has 2 aliphatic rings. The van der Waals surface area contributed by atoms with Crippen molar-refractivity contribution in [3.63, 3.8) is 0 Å². The summed E-state index contributed by atoms with van der Waals surface area (Å²) in [6.45, 7) is 11.8. The molecule has 1 aliphatic carbocycles. The van der Waals surface area contributed by atoms with Crippen LogP contribution in [0.15, 0.2) is 4.99 Å². The van der Waals surface area contributed by atoms with E-state index in [0.29, 0.717) is 18.2 Å². The summed E-state index contributed by atoms with van der Waals surface area (Å²) < 4.78 is 5.86. The first kappa shape index (κ1) is 22.0. The number of hydrogen-bond donors (Lipinski definition) is 2. The molecule has 0 aromatic rings. The predicted octanol–water partition coefficient (Wildman–Crippen LogP) is 2.99. The molecule has 6 heteroatoms. The number of guanidine groups is 1. The van der Waals surface area contributed by atoms with Crippen molar-refractivity contribution in [1.82, 2.24) is 15.5 Å². The first-order valence-corrected chi connectivity index (χ1v) is 9.28. The monoisotopic (exact) mass is 452 g/mol. The van der Waals surface area contributed by atoms with Crippen molar-refractivity contribution in [2.24, 2.45) is 4.99 Å². The Morgan fingerprint density at radius 2 is 1.71 bits per heavy atom. The number of rotatable bonds is 4. The van der Waals surface area contributed by atoms with Crippen molar-refractivity contribution in [3.05, 3.63) is 0 Å². The molecule has 1 saturated carbocycles. The van der Waals surface area contributed by atoms with Gasteiger partial charge in [0.15, 0.2) is 5.96 Å². The molecule has 0 amide bonds. The van der Waals surface area contributed by atoms with Gasteiger partial charge >= 0.3 is 0 Å². The molecule has 0 spiro atoms. The Bertz CT molecular complexity index is 386. The first-order valence-electron chi connectivity index (χ1n) is 9.28. The molecule has 0 radical (unpaired) electrons. The van der Waals surface area contributed by atoms with Crippen molar-refractivity contribution < 1.29 is 4.74 Å². The Balaban J connectivity index is 0.00000288. The SMILES string of the molecule is CN=C(NCC(C)(C)N1CC(C)OC(C)C1)NC1CCCCC1.I. The van der Waals surface area contributed by atoms with E-state index in [9.17, 15) is 0 Å². The molecule has 2 unspecified atom stereocenters. The molecule has 142 valence electrons. The summed E-state index contributed by atoms with van der Waals surface area (Å²) in [4.78, 5) is 6.95. The van der Waals surface area contributed by atoms with Gasteiger partial charge < -0.3 is 15.4 Å². The Labute approximate surface area is 165 Å². The van der Waals surface area contributed by atoms with E-state index < -0.39 is 0 Å². The van der Waals surface area contributed by atoms with Gasteiger partial charge in [0.05, 0.1) is 12.2 Å². The smallest absolute Gasteiger partial charge is 0.191 e. The third-order valence-corrected chi connectivity index (χ3v) is 5.13. The van der Waals surface area contributed by atoms with Gasteiger partial charge in [-0.25, -0.2) is 0 Å². The van der Waals surface area contributed by atoms with E-state index in [2.05, 4.69) is 48.2 Å². The number of ether oxygens (including phenoxy) is 1. The number of morpholine rings is 1. The summed E-state index contributed by atoms with van der Waals surface area (Å²) in [5.41, 5.74) is 0.0798. The van der Waals surface area contributed by atoms with Crippen molar-refractivity contribution in [2.75, 3.05) is 26.7 Å². The standard InChI is InChI=1S/C18H36N4O.HI/c1-14-11-22(12-15(2)23-14)18(3,4)13-20-17(19-5)21-16-9-7-6-8-10-16;/h14-16H,6-13H2,1-5H3,(H2,19,20,21);1H. The fourth-order valence-corrected chi connectivity index (χ4v) is 3.72. The Kier molecular flexibility index (Phi) is 9.30. The van der Waals surface area contributed by atoms with E-state index in [1.165, 1.54) is 32.1 Å². The topological polar surface area (TPSA) is 48.9 Å². The predicted molar refractivity (Wildman–Crippen MR) is 112 cm³/mol. The van der Waals surface area contributed by atoms with E-state index >= 15 is 0 Å². The van der Waals surface area contributed by atoms with E-state index in [4.69, 9.17) is 4.74 Å². The second-order valence-corrected chi connectivity index (χ2v) is 7.88. The molecule has 1 saturated heterocycles. The third kappa shape index (κ3) is 6.67. The molecule has 2 N–H and O–H groups in total. The molecule has 24 heavy (non-hydrogen) atoms. The Morgan fingerprint density at radius 3 is 2.25 bits per heavy atom. The number of aliphatic imine (C=N–C) groups is 1. The molecular formula is C18H37IN4O. The fourth-order valence-electron chi connectivity index (χ4n) is 3.72. The van der Waals surface area contributed by atoms with Gasteiger partial charge in [0.1, 0.15) is 0 Å². The molecule has 1 aliphatic heterocycles. The van der Waals surface area contributed by atoms with Crippen molar-refractivity contribution in [1.29, 1.82) is 0 Å². The molecule has 0 aromatic heterocycles. The maximum absolute atomic E-state index is 5.86. The second-order valence-electron chi connectivity index (χ2n) is 7.88. The molecule has 2 rings (SSSR count). The van der Waals surface area contributed by atoms with E-state index in [1.807, 2.05) is 7.05 Å². The normalized spacial score (nSPS) is 27.5. The summed E-state index contributed by atoms with van der Waals surface area (Å²) in [5.74, 6) is 0.944. The van der Waals surface area contributed by atoms with Gasteiger partial charge in [-0.2, -0.15) is 0 Å². The number of hydrogen-bond acceptors (Lipinski definition) is 3. The van der Waals surface area contributed by atoms with Crippen LogP contribution in [0.2, 0.25) is 0 Å². The zero-order valence-corrected chi connectivity index (χ0v) is 18.4. The molecule has 0 aromatic carbocycles. The lowest BCUT2D eigenvalue weighted by atomic mass is 9.95. The maximum Gasteiger partial charge on any atom is 0.191 e. The first-order chi connectivity index (χ1) is 10.9. The van der Waals surface area contributed by atoms with Gasteiger partial charge in [0, 0.05) is 38.3 Å². The van der Waals surface area contributed by atoms with Crippen LogP contribution in [0.5, 0.6) is 0 Å². The quantitative estimate of drug-likeness (QED) is 0.391. The highest BCUT2D eigenvalue weighted by Crippen LogP contribution is 2.21. The minimum atomic E-state index is 0. The minimum Gasteiger partial charge on any atom is -0.373 e.